The third-order valence-corrected chi connectivity index (χ3v) is 3.93. The van der Waals surface area contributed by atoms with Crippen LogP contribution >= 0.6 is 0 Å². The van der Waals surface area contributed by atoms with Gasteiger partial charge >= 0.3 is 0 Å². The summed E-state index contributed by atoms with van der Waals surface area (Å²) in [6.07, 6.45) is 2.80. The Hall–Kier alpha value is -2.75. The Morgan fingerprint density at radius 1 is 1.17 bits per heavy atom. The first kappa shape index (κ1) is 15.2. The Morgan fingerprint density at radius 3 is 2.65 bits per heavy atom. The van der Waals surface area contributed by atoms with Crippen LogP contribution in [-0.2, 0) is 6.42 Å². The second-order valence-electron chi connectivity index (χ2n) is 5.67. The molecule has 2 aromatic carbocycles. The number of para-hydroxylation sites is 1. The van der Waals surface area contributed by atoms with E-state index in [-0.39, 0.29) is 11.9 Å². The highest BCUT2D eigenvalue weighted by molar-refractivity contribution is 5.94. The predicted octanol–water partition coefficient (Wildman–Crippen LogP) is 3.54. The molecule has 0 saturated heterocycles. The number of ether oxygens (including phenoxy) is 1. The van der Waals surface area contributed by atoms with E-state index in [0.29, 0.717) is 5.56 Å². The zero-order valence-electron chi connectivity index (χ0n) is 13.3. The Labute approximate surface area is 135 Å². The van der Waals surface area contributed by atoms with E-state index in [1.165, 1.54) is 10.9 Å². The molecule has 1 atom stereocenters. The van der Waals surface area contributed by atoms with Crippen molar-refractivity contribution in [1.29, 1.82) is 0 Å². The molecule has 3 rings (SSSR count). The van der Waals surface area contributed by atoms with Crippen molar-refractivity contribution in [3.8, 4) is 5.75 Å². The molecule has 0 radical (unpaired) electrons. The largest absolute Gasteiger partial charge is 0.497 e. The molecular formula is C19H20N2O2. The Bertz CT molecular complexity index is 806. The summed E-state index contributed by atoms with van der Waals surface area (Å²) in [7, 11) is 1.61. The maximum atomic E-state index is 12.3. The molecule has 23 heavy (non-hydrogen) atoms. The zero-order chi connectivity index (χ0) is 16.2. The Morgan fingerprint density at radius 2 is 1.91 bits per heavy atom. The molecule has 0 fully saturated rings. The minimum atomic E-state index is -0.0694. The lowest BCUT2D eigenvalue weighted by Gasteiger charge is -2.14. The fraction of sp³-hybridized carbons (Fsp3) is 0.211. The standard InChI is InChI=1S/C19H20N2O2/c1-13(11-15-12-20-18-6-4-3-5-17(15)18)21-19(22)14-7-9-16(23-2)10-8-14/h3-10,12-13,20H,11H2,1-2H3,(H,21,22). The summed E-state index contributed by atoms with van der Waals surface area (Å²) >= 11 is 0. The van der Waals surface area contributed by atoms with Crippen LogP contribution in [0.1, 0.15) is 22.8 Å². The van der Waals surface area contributed by atoms with E-state index in [4.69, 9.17) is 4.74 Å². The molecule has 1 heterocycles. The van der Waals surface area contributed by atoms with Gasteiger partial charge in [-0.25, -0.2) is 0 Å². The number of carbonyl (C=O) groups excluding carboxylic acids is 1. The summed E-state index contributed by atoms with van der Waals surface area (Å²) in [5.41, 5.74) is 2.97. The van der Waals surface area contributed by atoms with Gasteiger partial charge in [0, 0.05) is 28.7 Å². The SMILES string of the molecule is COc1ccc(C(=O)NC(C)Cc2c[nH]c3ccccc23)cc1. The topological polar surface area (TPSA) is 54.1 Å². The van der Waals surface area contributed by atoms with Crippen LogP contribution in [0.4, 0.5) is 0 Å². The van der Waals surface area contributed by atoms with Gasteiger partial charge in [-0.2, -0.15) is 0 Å². The number of carbonyl (C=O) groups is 1. The molecule has 0 spiro atoms. The molecule has 1 amide bonds. The summed E-state index contributed by atoms with van der Waals surface area (Å²) in [5.74, 6) is 0.674. The quantitative estimate of drug-likeness (QED) is 0.757. The third-order valence-electron chi connectivity index (χ3n) is 3.93. The summed E-state index contributed by atoms with van der Waals surface area (Å²) in [6, 6.07) is 15.4. The van der Waals surface area contributed by atoms with Crippen LogP contribution in [-0.4, -0.2) is 24.0 Å². The molecule has 1 aromatic heterocycles. The molecule has 3 aromatic rings. The number of fused-ring (bicyclic) bond motifs is 1. The summed E-state index contributed by atoms with van der Waals surface area (Å²) < 4.78 is 5.11. The number of H-pyrrole nitrogens is 1. The minimum Gasteiger partial charge on any atom is -0.497 e. The summed E-state index contributed by atoms with van der Waals surface area (Å²) in [6.45, 7) is 2.02. The predicted molar refractivity (Wildman–Crippen MR) is 91.9 cm³/mol. The van der Waals surface area contributed by atoms with Crippen molar-refractivity contribution in [2.24, 2.45) is 0 Å². The number of methoxy groups -OCH3 is 1. The highest BCUT2D eigenvalue weighted by Crippen LogP contribution is 2.19. The molecule has 1 unspecified atom stereocenters. The van der Waals surface area contributed by atoms with E-state index in [2.05, 4.69) is 22.4 Å². The molecule has 2 N–H and O–H groups in total. The first-order valence-electron chi connectivity index (χ1n) is 7.67. The van der Waals surface area contributed by atoms with Crippen LogP contribution < -0.4 is 10.1 Å². The number of rotatable bonds is 5. The first-order chi connectivity index (χ1) is 11.2. The monoisotopic (exact) mass is 308 g/mol. The smallest absolute Gasteiger partial charge is 0.251 e. The fourth-order valence-corrected chi connectivity index (χ4v) is 2.73. The van der Waals surface area contributed by atoms with Crippen LogP contribution in [0.15, 0.2) is 54.7 Å². The van der Waals surface area contributed by atoms with E-state index < -0.39 is 0 Å². The summed E-state index contributed by atoms with van der Waals surface area (Å²) in [5, 5.41) is 4.25. The van der Waals surface area contributed by atoms with Crippen molar-refractivity contribution in [3.05, 3.63) is 65.9 Å². The molecule has 118 valence electrons. The highest BCUT2D eigenvalue weighted by atomic mass is 16.5. The average molecular weight is 308 g/mol. The maximum Gasteiger partial charge on any atom is 0.251 e. The molecular weight excluding hydrogens is 288 g/mol. The normalized spacial score (nSPS) is 12.1. The lowest BCUT2D eigenvalue weighted by molar-refractivity contribution is 0.0940. The van der Waals surface area contributed by atoms with Gasteiger partial charge in [0.05, 0.1) is 7.11 Å². The zero-order valence-corrected chi connectivity index (χ0v) is 13.3. The van der Waals surface area contributed by atoms with Gasteiger partial charge in [-0.3, -0.25) is 4.79 Å². The van der Waals surface area contributed by atoms with E-state index in [9.17, 15) is 4.79 Å². The van der Waals surface area contributed by atoms with Crippen LogP contribution in [0, 0.1) is 0 Å². The van der Waals surface area contributed by atoms with Crippen molar-refractivity contribution in [2.45, 2.75) is 19.4 Å². The number of amides is 1. The first-order valence-corrected chi connectivity index (χ1v) is 7.67. The second kappa shape index (κ2) is 6.57. The van der Waals surface area contributed by atoms with E-state index in [1.54, 1.807) is 31.4 Å². The van der Waals surface area contributed by atoms with Gasteiger partial charge in [0.25, 0.3) is 5.91 Å². The molecule has 4 nitrogen and oxygen atoms in total. The van der Waals surface area contributed by atoms with Gasteiger partial charge in [0.15, 0.2) is 0 Å². The molecule has 0 aliphatic carbocycles. The van der Waals surface area contributed by atoms with E-state index in [1.807, 2.05) is 25.3 Å². The molecule has 0 aliphatic rings. The van der Waals surface area contributed by atoms with Crippen LogP contribution in [0.3, 0.4) is 0 Å². The Kier molecular flexibility index (Phi) is 4.33. The van der Waals surface area contributed by atoms with Crippen LogP contribution in [0.2, 0.25) is 0 Å². The van der Waals surface area contributed by atoms with E-state index >= 15 is 0 Å². The molecule has 0 bridgehead atoms. The lowest BCUT2D eigenvalue weighted by atomic mass is 10.1. The molecule has 0 aliphatic heterocycles. The molecule has 4 heteroatoms. The van der Waals surface area contributed by atoms with Gasteiger partial charge < -0.3 is 15.0 Å². The number of nitrogens with one attached hydrogen (secondary N) is 2. The van der Waals surface area contributed by atoms with Crippen molar-refractivity contribution in [2.75, 3.05) is 7.11 Å². The van der Waals surface area contributed by atoms with Gasteiger partial charge in [-0.15, -0.1) is 0 Å². The minimum absolute atomic E-state index is 0.0452. The van der Waals surface area contributed by atoms with Crippen molar-refractivity contribution >= 4 is 16.8 Å². The van der Waals surface area contributed by atoms with E-state index in [0.717, 1.165) is 17.7 Å². The number of aromatic nitrogens is 1. The number of aromatic amines is 1. The summed E-state index contributed by atoms with van der Waals surface area (Å²) in [4.78, 5) is 15.6. The molecule has 0 saturated carbocycles. The van der Waals surface area contributed by atoms with Crippen LogP contribution in [0.5, 0.6) is 5.75 Å². The third kappa shape index (κ3) is 3.37. The van der Waals surface area contributed by atoms with Gasteiger partial charge in [0.2, 0.25) is 0 Å². The number of hydrogen-bond donors (Lipinski definition) is 2. The van der Waals surface area contributed by atoms with Gasteiger partial charge in [0.1, 0.15) is 5.75 Å². The Balaban J connectivity index is 1.66. The van der Waals surface area contributed by atoms with Gasteiger partial charge in [-0.1, -0.05) is 18.2 Å². The average Bonchev–Trinajstić information content (AvgIpc) is 2.98. The highest BCUT2D eigenvalue weighted by Gasteiger charge is 2.12. The van der Waals surface area contributed by atoms with Crippen molar-refractivity contribution in [3.63, 3.8) is 0 Å². The van der Waals surface area contributed by atoms with Crippen LogP contribution in [0.25, 0.3) is 10.9 Å². The van der Waals surface area contributed by atoms with Gasteiger partial charge in [-0.05, 0) is 49.2 Å². The fourth-order valence-electron chi connectivity index (χ4n) is 2.73. The van der Waals surface area contributed by atoms with Crippen molar-refractivity contribution in [1.82, 2.24) is 10.3 Å². The second-order valence-corrected chi connectivity index (χ2v) is 5.67. The van der Waals surface area contributed by atoms with Crippen molar-refractivity contribution < 1.29 is 9.53 Å². The maximum absolute atomic E-state index is 12.3. The number of hydrogen-bond acceptors (Lipinski definition) is 2. The number of benzene rings is 2. The lowest BCUT2D eigenvalue weighted by Crippen LogP contribution is -2.34.